The van der Waals surface area contributed by atoms with Gasteiger partial charge in [0.1, 0.15) is 0 Å². The molecule has 1 amide bonds. The lowest BCUT2D eigenvalue weighted by Gasteiger charge is -2.29. The number of nitrogens with two attached hydrogens (primary N) is 2. The van der Waals surface area contributed by atoms with E-state index in [1.165, 1.54) is 0 Å². The van der Waals surface area contributed by atoms with Crippen LogP contribution in [0.5, 0.6) is 0 Å². The van der Waals surface area contributed by atoms with Crippen LogP contribution in [0.2, 0.25) is 0 Å². The summed E-state index contributed by atoms with van der Waals surface area (Å²) in [7, 11) is 0. The predicted molar refractivity (Wildman–Crippen MR) is 78.8 cm³/mol. The maximum atomic E-state index is 11.8. The highest BCUT2D eigenvalue weighted by molar-refractivity contribution is 5.88. The Balaban J connectivity index is 2.74. The number of nitrogens with one attached hydrogen (secondary N) is 1. The van der Waals surface area contributed by atoms with E-state index in [0.29, 0.717) is 25.4 Å². The second-order valence-corrected chi connectivity index (χ2v) is 5.61. The van der Waals surface area contributed by atoms with Gasteiger partial charge in [0.15, 0.2) is 0 Å². The first kappa shape index (κ1) is 15.7. The molecule has 0 aromatic carbocycles. The Morgan fingerprint density at radius 2 is 2.26 bits per heavy atom. The van der Waals surface area contributed by atoms with Crippen LogP contribution in [0.15, 0.2) is 16.8 Å². The van der Waals surface area contributed by atoms with E-state index in [0.717, 1.165) is 25.1 Å². The van der Waals surface area contributed by atoms with E-state index >= 15 is 0 Å². The Labute approximate surface area is 115 Å². The van der Waals surface area contributed by atoms with Gasteiger partial charge in [0.05, 0.1) is 12.0 Å². The zero-order valence-corrected chi connectivity index (χ0v) is 12.0. The number of aliphatic imine (C=N–C) groups is 1. The lowest BCUT2D eigenvalue weighted by atomic mass is 9.80. The number of hydrogen-bond donors (Lipinski definition) is 3. The van der Waals surface area contributed by atoms with Gasteiger partial charge >= 0.3 is 0 Å². The molecule has 1 heterocycles. The Kier molecular flexibility index (Phi) is 6.02. The quantitative estimate of drug-likeness (QED) is 0.567. The van der Waals surface area contributed by atoms with Crippen molar-refractivity contribution in [2.24, 2.45) is 27.8 Å². The molecule has 5 nitrogen and oxygen atoms in total. The minimum atomic E-state index is -0.650. The summed E-state index contributed by atoms with van der Waals surface area (Å²) in [6.07, 6.45) is 6.24. The molecule has 1 aliphatic heterocycles. The third-order valence-electron chi connectivity index (χ3n) is 3.32. The van der Waals surface area contributed by atoms with Gasteiger partial charge in [-0.2, -0.15) is 0 Å². The monoisotopic (exact) mass is 266 g/mol. The summed E-state index contributed by atoms with van der Waals surface area (Å²) in [6.45, 7) is 6.21. The Morgan fingerprint density at radius 1 is 1.53 bits per heavy atom. The van der Waals surface area contributed by atoms with Crippen LogP contribution in [0.25, 0.3) is 0 Å². The molecule has 1 aliphatic rings. The zero-order chi connectivity index (χ0) is 14.3. The lowest BCUT2D eigenvalue weighted by Crippen LogP contribution is -2.41. The summed E-state index contributed by atoms with van der Waals surface area (Å²) >= 11 is 0. The summed E-state index contributed by atoms with van der Waals surface area (Å²) in [5.41, 5.74) is 11.3. The van der Waals surface area contributed by atoms with Crippen molar-refractivity contribution in [3.05, 3.63) is 11.8 Å². The molecule has 0 bridgehead atoms. The van der Waals surface area contributed by atoms with Crippen LogP contribution in [0, 0.1) is 11.3 Å². The molecule has 0 aromatic rings. The molecule has 0 fully saturated rings. The van der Waals surface area contributed by atoms with Crippen LogP contribution in [0.3, 0.4) is 0 Å². The van der Waals surface area contributed by atoms with Crippen molar-refractivity contribution in [3.63, 3.8) is 0 Å². The van der Waals surface area contributed by atoms with Crippen molar-refractivity contribution in [2.75, 3.05) is 19.6 Å². The Morgan fingerprint density at radius 3 is 2.84 bits per heavy atom. The molecule has 108 valence electrons. The van der Waals surface area contributed by atoms with Crippen molar-refractivity contribution in [3.8, 4) is 0 Å². The molecule has 1 atom stereocenters. The van der Waals surface area contributed by atoms with Crippen LogP contribution < -0.4 is 16.8 Å². The minimum absolute atomic E-state index is 0.301. The van der Waals surface area contributed by atoms with Gasteiger partial charge in [-0.3, -0.25) is 9.79 Å². The fourth-order valence-electron chi connectivity index (χ4n) is 2.11. The van der Waals surface area contributed by atoms with Gasteiger partial charge < -0.3 is 16.8 Å². The topological polar surface area (TPSA) is 93.5 Å². The normalized spacial score (nSPS) is 22.4. The standard InChI is InChI=1S/C14H26N4O/c1-11(2)8-18-12-7-14(13(16)19,10-17-9-12)5-3-4-6-15/h7,9,11,18H,3-6,8,10,15H2,1-2H3,(H2,16,19). The third-order valence-corrected chi connectivity index (χ3v) is 3.32. The van der Waals surface area contributed by atoms with Crippen molar-refractivity contribution in [1.29, 1.82) is 0 Å². The summed E-state index contributed by atoms with van der Waals surface area (Å²) < 4.78 is 0. The average Bonchev–Trinajstić information content (AvgIpc) is 2.37. The molecule has 5 N–H and O–H groups in total. The number of unbranched alkanes of at least 4 members (excludes halogenated alkanes) is 1. The maximum Gasteiger partial charge on any atom is 0.229 e. The number of amides is 1. The summed E-state index contributed by atoms with van der Waals surface area (Å²) in [5.74, 6) is 0.238. The lowest BCUT2D eigenvalue weighted by molar-refractivity contribution is -0.125. The van der Waals surface area contributed by atoms with Gasteiger partial charge in [-0.15, -0.1) is 0 Å². The molecule has 0 spiro atoms. The van der Waals surface area contributed by atoms with E-state index in [1.54, 1.807) is 6.21 Å². The molecule has 0 saturated carbocycles. The van der Waals surface area contributed by atoms with Gasteiger partial charge in [-0.05, 0) is 31.4 Å². The van der Waals surface area contributed by atoms with Gasteiger partial charge in [0.2, 0.25) is 5.91 Å². The smallest absolute Gasteiger partial charge is 0.229 e. The number of nitrogens with zero attached hydrogens (tertiary/aromatic N) is 1. The molecule has 0 radical (unpaired) electrons. The maximum absolute atomic E-state index is 11.8. The second-order valence-electron chi connectivity index (χ2n) is 5.61. The first-order valence-electron chi connectivity index (χ1n) is 6.97. The molecule has 1 unspecified atom stereocenters. The average molecular weight is 266 g/mol. The van der Waals surface area contributed by atoms with E-state index in [-0.39, 0.29) is 5.91 Å². The number of dihydropyridines is 1. The predicted octanol–water partition coefficient (Wildman–Crippen LogP) is 0.801. The number of rotatable bonds is 8. The minimum Gasteiger partial charge on any atom is -0.384 e. The molecule has 0 saturated heterocycles. The highest BCUT2D eigenvalue weighted by Gasteiger charge is 2.35. The second kappa shape index (κ2) is 7.28. The van der Waals surface area contributed by atoms with Crippen LogP contribution >= 0.6 is 0 Å². The van der Waals surface area contributed by atoms with Crippen molar-refractivity contribution in [1.82, 2.24) is 5.32 Å². The van der Waals surface area contributed by atoms with Crippen LogP contribution in [-0.4, -0.2) is 31.8 Å². The Hall–Kier alpha value is -1.36. The molecule has 1 rings (SSSR count). The number of allylic oxidation sites excluding steroid dienone is 1. The van der Waals surface area contributed by atoms with Crippen molar-refractivity contribution >= 4 is 12.1 Å². The SMILES string of the molecule is CC(C)CNC1=CC(CCCCN)(C(N)=O)CN=C1. The molecule has 19 heavy (non-hydrogen) atoms. The van der Waals surface area contributed by atoms with E-state index < -0.39 is 5.41 Å². The Bertz CT molecular complexity index is 362. The van der Waals surface area contributed by atoms with E-state index in [9.17, 15) is 4.79 Å². The van der Waals surface area contributed by atoms with Gasteiger partial charge in [0, 0.05) is 18.5 Å². The molecule has 0 aliphatic carbocycles. The number of carbonyl (C=O) groups excluding carboxylic acids is 1. The van der Waals surface area contributed by atoms with Crippen LogP contribution in [0.1, 0.15) is 33.1 Å². The summed E-state index contributed by atoms with van der Waals surface area (Å²) in [6, 6.07) is 0. The third kappa shape index (κ3) is 4.67. The number of hydrogen-bond acceptors (Lipinski definition) is 4. The number of primary amides is 1. The van der Waals surface area contributed by atoms with Gasteiger partial charge in [-0.1, -0.05) is 20.3 Å². The largest absolute Gasteiger partial charge is 0.384 e. The number of carbonyl (C=O) groups is 1. The fourth-order valence-corrected chi connectivity index (χ4v) is 2.11. The highest BCUT2D eigenvalue weighted by Crippen LogP contribution is 2.30. The van der Waals surface area contributed by atoms with E-state index in [2.05, 4.69) is 24.2 Å². The van der Waals surface area contributed by atoms with Crippen molar-refractivity contribution in [2.45, 2.75) is 33.1 Å². The zero-order valence-electron chi connectivity index (χ0n) is 12.0. The van der Waals surface area contributed by atoms with Crippen LogP contribution in [-0.2, 0) is 4.79 Å². The van der Waals surface area contributed by atoms with E-state index in [1.807, 2.05) is 6.08 Å². The summed E-state index contributed by atoms with van der Waals surface area (Å²) in [5, 5.41) is 3.30. The molecule has 5 heteroatoms. The van der Waals surface area contributed by atoms with Gasteiger partial charge in [-0.25, -0.2) is 0 Å². The molecular weight excluding hydrogens is 240 g/mol. The van der Waals surface area contributed by atoms with E-state index in [4.69, 9.17) is 11.5 Å². The van der Waals surface area contributed by atoms with Crippen molar-refractivity contribution < 1.29 is 4.79 Å². The summed E-state index contributed by atoms with van der Waals surface area (Å²) in [4.78, 5) is 16.1. The molecule has 0 aromatic heterocycles. The van der Waals surface area contributed by atoms with Crippen LogP contribution in [0.4, 0.5) is 0 Å². The highest BCUT2D eigenvalue weighted by atomic mass is 16.1. The first-order valence-corrected chi connectivity index (χ1v) is 6.97. The fraction of sp³-hybridized carbons (Fsp3) is 0.714. The first-order chi connectivity index (χ1) is 9.00. The van der Waals surface area contributed by atoms with Gasteiger partial charge in [0.25, 0.3) is 0 Å². The molecular formula is C14H26N4O.